The summed E-state index contributed by atoms with van der Waals surface area (Å²) < 4.78 is 0. The minimum absolute atomic E-state index is 0.0215. The third-order valence-corrected chi connectivity index (χ3v) is 4.90. The number of nitrogens with zero attached hydrogens (tertiary/aromatic N) is 1. The van der Waals surface area contributed by atoms with Crippen LogP contribution in [0.2, 0.25) is 0 Å². The van der Waals surface area contributed by atoms with Crippen LogP contribution >= 0.6 is 0 Å². The van der Waals surface area contributed by atoms with Crippen LogP contribution < -0.4 is 5.56 Å². The van der Waals surface area contributed by atoms with Gasteiger partial charge in [0.1, 0.15) is 0 Å². The van der Waals surface area contributed by atoms with Crippen molar-refractivity contribution in [3.8, 4) is 0 Å². The van der Waals surface area contributed by atoms with Gasteiger partial charge in [0.2, 0.25) is 5.56 Å². The summed E-state index contributed by atoms with van der Waals surface area (Å²) in [7, 11) is 0. The standard InChI is InChI=1S/C14H17N3O/c1-7-13-11(6-12(18)15-14(13)17-16-7)10-5-8-2-3-9(10)4-8/h6,8-10H,2-5H2,1H3,(H2,15,16,17,18)/t8-,9+,10-/m0/s1. The average molecular weight is 243 g/mol. The zero-order valence-electron chi connectivity index (χ0n) is 10.5. The number of aromatic amines is 2. The monoisotopic (exact) mass is 243 g/mol. The van der Waals surface area contributed by atoms with Gasteiger partial charge in [0.15, 0.2) is 5.65 Å². The van der Waals surface area contributed by atoms with Crippen molar-refractivity contribution >= 4 is 11.0 Å². The molecule has 2 N–H and O–H groups in total. The number of H-pyrrole nitrogens is 2. The predicted molar refractivity (Wildman–Crippen MR) is 69.6 cm³/mol. The van der Waals surface area contributed by atoms with Crippen molar-refractivity contribution in [3.63, 3.8) is 0 Å². The number of fused-ring (bicyclic) bond motifs is 3. The second-order valence-corrected chi connectivity index (χ2v) is 5.94. The van der Waals surface area contributed by atoms with Gasteiger partial charge >= 0.3 is 0 Å². The van der Waals surface area contributed by atoms with Crippen LogP contribution in [0.4, 0.5) is 0 Å². The molecule has 0 aromatic carbocycles. The van der Waals surface area contributed by atoms with Crippen LogP contribution in [0, 0.1) is 18.8 Å². The summed E-state index contributed by atoms with van der Waals surface area (Å²) in [4.78, 5) is 14.6. The van der Waals surface area contributed by atoms with Crippen molar-refractivity contribution < 1.29 is 0 Å². The van der Waals surface area contributed by atoms with E-state index in [1.807, 2.05) is 6.92 Å². The average Bonchev–Trinajstić information content (AvgIpc) is 3.04. The van der Waals surface area contributed by atoms with Crippen LogP contribution in [0.5, 0.6) is 0 Å². The van der Waals surface area contributed by atoms with E-state index in [2.05, 4.69) is 15.2 Å². The fourth-order valence-corrected chi connectivity index (χ4v) is 4.16. The number of hydrogen-bond donors (Lipinski definition) is 2. The number of aromatic nitrogens is 3. The topological polar surface area (TPSA) is 61.5 Å². The number of pyridine rings is 1. The van der Waals surface area contributed by atoms with Gasteiger partial charge in [-0.15, -0.1) is 0 Å². The van der Waals surface area contributed by atoms with Crippen LogP contribution in [0.25, 0.3) is 11.0 Å². The van der Waals surface area contributed by atoms with E-state index in [0.717, 1.165) is 28.6 Å². The molecule has 2 bridgehead atoms. The molecule has 0 amide bonds. The summed E-state index contributed by atoms with van der Waals surface area (Å²) >= 11 is 0. The molecule has 0 saturated heterocycles. The maximum Gasteiger partial charge on any atom is 0.249 e. The Hall–Kier alpha value is -1.58. The highest BCUT2D eigenvalue weighted by Crippen LogP contribution is 2.53. The summed E-state index contributed by atoms with van der Waals surface area (Å²) in [6.45, 7) is 2.03. The van der Waals surface area contributed by atoms with E-state index < -0.39 is 0 Å². The van der Waals surface area contributed by atoms with Crippen molar-refractivity contribution in [1.29, 1.82) is 0 Å². The van der Waals surface area contributed by atoms with Gasteiger partial charge in [-0.05, 0) is 49.5 Å². The maximum absolute atomic E-state index is 11.8. The lowest BCUT2D eigenvalue weighted by Crippen LogP contribution is -2.14. The quantitative estimate of drug-likeness (QED) is 0.808. The van der Waals surface area contributed by atoms with E-state index in [1.165, 1.54) is 31.2 Å². The first-order chi connectivity index (χ1) is 8.72. The summed E-state index contributed by atoms with van der Waals surface area (Å²) in [6.07, 6.45) is 5.34. The van der Waals surface area contributed by atoms with Crippen LogP contribution in [-0.4, -0.2) is 15.2 Å². The molecular weight excluding hydrogens is 226 g/mol. The molecule has 4 rings (SSSR count). The number of nitrogens with one attached hydrogen (secondary N) is 2. The molecule has 0 aliphatic heterocycles. The smallest absolute Gasteiger partial charge is 0.249 e. The Kier molecular flexibility index (Phi) is 1.99. The molecule has 4 heteroatoms. The summed E-state index contributed by atoms with van der Waals surface area (Å²) in [5.74, 6) is 2.25. The molecule has 2 aliphatic rings. The van der Waals surface area contributed by atoms with Crippen LogP contribution in [0.3, 0.4) is 0 Å². The minimum Gasteiger partial charge on any atom is -0.305 e. The Morgan fingerprint density at radius 3 is 2.94 bits per heavy atom. The predicted octanol–water partition coefficient (Wildman–Crippen LogP) is 2.46. The van der Waals surface area contributed by atoms with Crippen LogP contribution in [0.15, 0.2) is 10.9 Å². The second kappa shape index (κ2) is 3.46. The lowest BCUT2D eigenvalue weighted by Gasteiger charge is -2.22. The number of hydrogen-bond acceptors (Lipinski definition) is 2. The summed E-state index contributed by atoms with van der Waals surface area (Å²) in [5, 5.41) is 8.33. The highest BCUT2D eigenvalue weighted by molar-refractivity contribution is 5.82. The largest absolute Gasteiger partial charge is 0.305 e. The van der Waals surface area contributed by atoms with Crippen molar-refractivity contribution in [1.82, 2.24) is 15.2 Å². The molecule has 18 heavy (non-hydrogen) atoms. The van der Waals surface area contributed by atoms with Gasteiger partial charge < -0.3 is 4.98 Å². The van der Waals surface area contributed by atoms with Crippen molar-refractivity contribution in [3.05, 3.63) is 27.7 Å². The normalized spacial score (nSPS) is 30.4. The molecule has 0 unspecified atom stereocenters. The van der Waals surface area contributed by atoms with E-state index in [1.54, 1.807) is 6.07 Å². The van der Waals surface area contributed by atoms with E-state index in [9.17, 15) is 4.79 Å². The molecule has 2 fully saturated rings. The molecule has 2 saturated carbocycles. The number of rotatable bonds is 1. The van der Waals surface area contributed by atoms with Gasteiger partial charge in [0.25, 0.3) is 0 Å². The summed E-state index contributed by atoms with van der Waals surface area (Å²) in [6, 6.07) is 1.80. The first kappa shape index (κ1) is 10.4. The molecule has 2 aromatic heterocycles. The van der Waals surface area contributed by atoms with E-state index in [-0.39, 0.29) is 5.56 Å². The molecule has 94 valence electrons. The molecular formula is C14H17N3O. The van der Waals surface area contributed by atoms with Crippen LogP contribution in [0.1, 0.15) is 42.9 Å². The van der Waals surface area contributed by atoms with Gasteiger partial charge in [0, 0.05) is 17.1 Å². The van der Waals surface area contributed by atoms with Crippen molar-refractivity contribution in [2.45, 2.75) is 38.5 Å². The molecule has 2 aliphatic carbocycles. The first-order valence-corrected chi connectivity index (χ1v) is 6.80. The lowest BCUT2D eigenvalue weighted by molar-refractivity contribution is 0.421. The number of aryl methyl sites for hydroxylation is 1. The Morgan fingerprint density at radius 1 is 1.33 bits per heavy atom. The van der Waals surface area contributed by atoms with E-state index in [4.69, 9.17) is 0 Å². The Balaban J connectivity index is 1.93. The Labute approximate surface area is 105 Å². The third kappa shape index (κ3) is 1.32. The molecule has 2 heterocycles. The van der Waals surface area contributed by atoms with Crippen molar-refractivity contribution in [2.24, 2.45) is 11.8 Å². The second-order valence-electron chi connectivity index (χ2n) is 5.94. The Morgan fingerprint density at radius 2 is 2.22 bits per heavy atom. The molecule has 0 spiro atoms. The zero-order valence-corrected chi connectivity index (χ0v) is 10.5. The van der Waals surface area contributed by atoms with Crippen molar-refractivity contribution in [2.75, 3.05) is 0 Å². The lowest BCUT2D eigenvalue weighted by atomic mass is 9.82. The molecule has 2 aromatic rings. The van der Waals surface area contributed by atoms with E-state index in [0.29, 0.717) is 5.92 Å². The van der Waals surface area contributed by atoms with Gasteiger partial charge in [0.05, 0.1) is 0 Å². The maximum atomic E-state index is 11.8. The fourth-order valence-electron chi connectivity index (χ4n) is 4.16. The van der Waals surface area contributed by atoms with Gasteiger partial charge in [-0.3, -0.25) is 9.89 Å². The molecule has 0 radical (unpaired) electrons. The van der Waals surface area contributed by atoms with Gasteiger partial charge in [-0.2, -0.15) is 5.10 Å². The highest BCUT2D eigenvalue weighted by atomic mass is 16.1. The van der Waals surface area contributed by atoms with Crippen LogP contribution in [-0.2, 0) is 0 Å². The highest BCUT2D eigenvalue weighted by Gasteiger charge is 2.41. The molecule has 4 nitrogen and oxygen atoms in total. The first-order valence-electron chi connectivity index (χ1n) is 6.80. The fraction of sp³-hybridized carbons (Fsp3) is 0.571. The summed E-state index contributed by atoms with van der Waals surface area (Å²) in [5.41, 5.74) is 3.00. The Bertz CT molecular complexity index is 669. The van der Waals surface area contributed by atoms with Gasteiger partial charge in [-0.25, -0.2) is 0 Å². The molecule has 3 atom stereocenters. The zero-order chi connectivity index (χ0) is 12.3. The van der Waals surface area contributed by atoms with Gasteiger partial charge in [-0.1, -0.05) is 6.42 Å². The SMILES string of the molecule is Cc1[nH]nc2[nH]c(=O)cc([C@H]3C[C@H]4CC[C@@H]3C4)c12. The minimum atomic E-state index is -0.0215. The van der Waals surface area contributed by atoms with E-state index >= 15 is 0 Å². The third-order valence-electron chi connectivity index (χ3n) is 4.90.